The van der Waals surface area contributed by atoms with Crippen molar-refractivity contribution in [1.29, 1.82) is 5.26 Å². The Morgan fingerprint density at radius 3 is 2.41 bits per heavy atom. The highest BCUT2D eigenvalue weighted by Crippen LogP contribution is 2.31. The third-order valence-corrected chi connectivity index (χ3v) is 4.78. The fourth-order valence-electron chi connectivity index (χ4n) is 3.26. The minimum Gasteiger partial charge on any atom is -0.455 e. The van der Waals surface area contributed by atoms with Crippen molar-refractivity contribution in [3.05, 3.63) is 96.7 Å². The number of hydrogen-bond donors (Lipinski definition) is 1. The molecule has 4 aromatic rings. The minimum atomic E-state index is -0.281. The maximum absolute atomic E-state index is 12.9. The Hall–Kier alpha value is -4.57. The fraction of sp³-hybridized carbons (Fsp3) is 0.0800. The number of para-hydroxylation sites is 4. The number of nitrogens with zero attached hydrogens (tertiary/aromatic N) is 4. The van der Waals surface area contributed by atoms with Gasteiger partial charge in [0.2, 0.25) is 5.91 Å². The number of anilines is 2. The Kier molecular flexibility index (Phi) is 6.14. The first kappa shape index (κ1) is 20.7. The van der Waals surface area contributed by atoms with Crippen molar-refractivity contribution in [2.24, 2.45) is 0 Å². The summed E-state index contributed by atoms with van der Waals surface area (Å²) in [7, 11) is 1.81. The molecule has 0 unspecified atom stereocenters. The summed E-state index contributed by atoms with van der Waals surface area (Å²) in [6, 6.07) is 28.4. The summed E-state index contributed by atoms with van der Waals surface area (Å²) in [5.41, 5.74) is 1.81. The van der Waals surface area contributed by atoms with Crippen molar-refractivity contribution in [3.63, 3.8) is 0 Å². The summed E-state index contributed by atoms with van der Waals surface area (Å²) in [6.07, 6.45) is 1.44. The maximum atomic E-state index is 12.9. The molecule has 7 heteroatoms. The van der Waals surface area contributed by atoms with Crippen LogP contribution in [0.5, 0.6) is 11.5 Å². The zero-order valence-electron chi connectivity index (χ0n) is 17.5. The van der Waals surface area contributed by atoms with Crippen LogP contribution in [0.25, 0.3) is 5.69 Å². The van der Waals surface area contributed by atoms with Gasteiger partial charge in [-0.25, -0.2) is 4.68 Å². The molecule has 4 rings (SSSR count). The smallest absolute Gasteiger partial charge is 0.245 e. The average Bonchev–Trinajstić information content (AvgIpc) is 3.23. The molecular formula is C25H21N5O2. The lowest BCUT2D eigenvalue weighted by Crippen LogP contribution is -2.31. The van der Waals surface area contributed by atoms with E-state index in [0.717, 1.165) is 11.4 Å². The molecule has 1 aromatic heterocycles. The molecule has 0 aliphatic heterocycles. The van der Waals surface area contributed by atoms with Crippen molar-refractivity contribution in [2.45, 2.75) is 0 Å². The molecule has 0 saturated heterocycles. The van der Waals surface area contributed by atoms with E-state index in [1.807, 2.05) is 92.0 Å². The normalized spacial score (nSPS) is 10.2. The number of ether oxygens (including phenoxy) is 1. The topological polar surface area (TPSA) is 83.2 Å². The molecule has 0 saturated carbocycles. The van der Waals surface area contributed by atoms with Gasteiger partial charge in [-0.3, -0.25) is 4.79 Å². The highest BCUT2D eigenvalue weighted by atomic mass is 16.5. The average molecular weight is 423 g/mol. The summed E-state index contributed by atoms with van der Waals surface area (Å²) >= 11 is 0. The first-order valence-corrected chi connectivity index (χ1v) is 10.0. The van der Waals surface area contributed by atoms with Crippen LogP contribution in [-0.2, 0) is 4.79 Å². The lowest BCUT2D eigenvalue weighted by atomic mass is 10.2. The van der Waals surface area contributed by atoms with Crippen LogP contribution in [0.15, 0.2) is 91.1 Å². The van der Waals surface area contributed by atoms with Crippen molar-refractivity contribution in [1.82, 2.24) is 9.78 Å². The minimum absolute atomic E-state index is 0.0556. The molecule has 0 atom stereocenters. The van der Waals surface area contributed by atoms with Gasteiger partial charge in [0, 0.05) is 7.05 Å². The molecule has 0 aliphatic rings. The van der Waals surface area contributed by atoms with Gasteiger partial charge in [-0.1, -0.05) is 48.5 Å². The highest BCUT2D eigenvalue weighted by molar-refractivity contribution is 5.94. The van der Waals surface area contributed by atoms with Crippen molar-refractivity contribution < 1.29 is 9.53 Å². The first-order valence-electron chi connectivity index (χ1n) is 10.0. The zero-order chi connectivity index (χ0) is 22.3. The highest BCUT2D eigenvalue weighted by Gasteiger charge is 2.17. The summed E-state index contributed by atoms with van der Waals surface area (Å²) in [5, 5.41) is 16.5. The van der Waals surface area contributed by atoms with Gasteiger partial charge in [-0.2, -0.15) is 10.4 Å². The van der Waals surface area contributed by atoms with Crippen molar-refractivity contribution in [3.8, 4) is 23.3 Å². The van der Waals surface area contributed by atoms with E-state index in [0.29, 0.717) is 17.3 Å². The molecule has 0 fully saturated rings. The van der Waals surface area contributed by atoms with Gasteiger partial charge in [0.25, 0.3) is 0 Å². The van der Waals surface area contributed by atoms with E-state index in [1.54, 1.807) is 9.58 Å². The molecular weight excluding hydrogens is 402 g/mol. The van der Waals surface area contributed by atoms with Crippen molar-refractivity contribution in [2.75, 3.05) is 23.8 Å². The van der Waals surface area contributed by atoms with Gasteiger partial charge in [0.05, 0.1) is 24.1 Å². The van der Waals surface area contributed by atoms with Gasteiger partial charge in [0.1, 0.15) is 17.4 Å². The summed E-state index contributed by atoms with van der Waals surface area (Å²) in [6.45, 7) is 0.0556. The van der Waals surface area contributed by atoms with Gasteiger partial charge < -0.3 is 15.0 Å². The number of aromatic nitrogens is 2. The number of amides is 1. The van der Waals surface area contributed by atoms with Crippen LogP contribution in [0, 0.1) is 11.3 Å². The molecule has 3 aromatic carbocycles. The number of carbonyl (C=O) groups is 1. The Labute approximate surface area is 186 Å². The van der Waals surface area contributed by atoms with Crippen LogP contribution in [0.2, 0.25) is 0 Å². The Morgan fingerprint density at radius 2 is 1.69 bits per heavy atom. The molecule has 0 aliphatic carbocycles. The van der Waals surface area contributed by atoms with E-state index in [4.69, 9.17) is 4.74 Å². The second kappa shape index (κ2) is 9.49. The fourth-order valence-corrected chi connectivity index (χ4v) is 3.26. The third kappa shape index (κ3) is 4.60. The van der Waals surface area contributed by atoms with E-state index in [-0.39, 0.29) is 18.0 Å². The summed E-state index contributed by atoms with van der Waals surface area (Å²) in [5.74, 6) is 1.41. The van der Waals surface area contributed by atoms with Crippen LogP contribution in [0.4, 0.5) is 11.5 Å². The first-order chi connectivity index (χ1) is 15.7. The van der Waals surface area contributed by atoms with Crippen LogP contribution >= 0.6 is 0 Å². The molecule has 7 nitrogen and oxygen atoms in total. The molecule has 158 valence electrons. The van der Waals surface area contributed by atoms with E-state index < -0.39 is 0 Å². The zero-order valence-corrected chi connectivity index (χ0v) is 17.5. The quantitative estimate of drug-likeness (QED) is 0.469. The van der Waals surface area contributed by atoms with Crippen LogP contribution < -0.4 is 15.0 Å². The Bertz CT molecular complexity index is 1250. The monoisotopic (exact) mass is 423 g/mol. The number of benzene rings is 3. The third-order valence-electron chi connectivity index (χ3n) is 4.78. The predicted octanol–water partition coefficient (Wildman–Crippen LogP) is 4.61. The van der Waals surface area contributed by atoms with E-state index in [9.17, 15) is 10.1 Å². The molecule has 1 heterocycles. The van der Waals surface area contributed by atoms with Gasteiger partial charge in [-0.15, -0.1) is 0 Å². The van der Waals surface area contributed by atoms with E-state index in [2.05, 4.69) is 16.5 Å². The van der Waals surface area contributed by atoms with Gasteiger partial charge >= 0.3 is 0 Å². The second-order valence-corrected chi connectivity index (χ2v) is 7.05. The van der Waals surface area contributed by atoms with E-state index >= 15 is 0 Å². The standard InChI is InChI=1S/C25H21N5O2/c1-29(22-14-8-9-15-23(22)32-21-12-6-3-7-13-21)18-24(31)28-25-19(16-26)17-27-30(25)20-10-4-2-5-11-20/h2-15,17H,18H2,1H3,(H,28,31). The summed E-state index contributed by atoms with van der Waals surface area (Å²) in [4.78, 5) is 14.7. The van der Waals surface area contributed by atoms with Crippen LogP contribution in [0.3, 0.4) is 0 Å². The second-order valence-electron chi connectivity index (χ2n) is 7.05. The molecule has 1 N–H and O–H groups in total. The molecule has 0 spiro atoms. The molecule has 32 heavy (non-hydrogen) atoms. The van der Waals surface area contributed by atoms with Crippen LogP contribution in [0.1, 0.15) is 5.56 Å². The Balaban J connectivity index is 1.52. The number of rotatable bonds is 7. The van der Waals surface area contributed by atoms with Gasteiger partial charge in [-0.05, 0) is 36.4 Å². The lowest BCUT2D eigenvalue weighted by molar-refractivity contribution is -0.115. The SMILES string of the molecule is CN(CC(=O)Nc1c(C#N)cnn1-c1ccccc1)c1ccccc1Oc1ccccc1. The predicted molar refractivity (Wildman–Crippen MR) is 123 cm³/mol. The molecule has 1 amide bonds. The number of nitriles is 1. The largest absolute Gasteiger partial charge is 0.455 e. The Morgan fingerprint density at radius 1 is 1.03 bits per heavy atom. The number of nitrogens with one attached hydrogen (secondary N) is 1. The van der Waals surface area contributed by atoms with Crippen LogP contribution in [-0.4, -0.2) is 29.3 Å². The van der Waals surface area contributed by atoms with Gasteiger partial charge in [0.15, 0.2) is 11.6 Å². The van der Waals surface area contributed by atoms with Crippen molar-refractivity contribution >= 4 is 17.4 Å². The molecule has 0 bridgehead atoms. The molecule has 0 radical (unpaired) electrons. The number of carbonyl (C=O) groups excluding carboxylic acids is 1. The maximum Gasteiger partial charge on any atom is 0.245 e. The number of likely N-dealkylation sites (N-methyl/N-ethyl adjacent to an activating group) is 1. The lowest BCUT2D eigenvalue weighted by Gasteiger charge is -2.22. The number of hydrogen-bond acceptors (Lipinski definition) is 5. The van der Waals surface area contributed by atoms with E-state index in [1.165, 1.54) is 6.20 Å². The summed E-state index contributed by atoms with van der Waals surface area (Å²) < 4.78 is 7.55.